The number of benzene rings is 2. The number of nitrogens with zero attached hydrogens (tertiary/aromatic N) is 3. The van der Waals surface area contributed by atoms with Gasteiger partial charge in [0.15, 0.2) is 16.6 Å². The third-order valence-electron chi connectivity index (χ3n) is 3.91. The first-order valence-corrected chi connectivity index (χ1v) is 10.6. The van der Waals surface area contributed by atoms with E-state index in [1.807, 2.05) is 31.2 Å². The van der Waals surface area contributed by atoms with Crippen molar-refractivity contribution in [2.24, 2.45) is 5.14 Å². The number of anilines is 4. The summed E-state index contributed by atoms with van der Waals surface area (Å²) in [6, 6.07) is 14.1. The number of aromatic nitrogens is 3. The molecule has 0 atom stereocenters. The van der Waals surface area contributed by atoms with Gasteiger partial charge in [-0.25, -0.2) is 23.5 Å². The average Bonchev–Trinajstić information content (AvgIpc) is 3.05. The van der Waals surface area contributed by atoms with Crippen LogP contribution in [-0.2, 0) is 10.0 Å². The number of fused-ring (bicyclic) bond motifs is 1. The van der Waals surface area contributed by atoms with Crippen LogP contribution in [-0.4, -0.2) is 23.4 Å². The molecule has 4 aromatic rings. The van der Waals surface area contributed by atoms with E-state index in [0.29, 0.717) is 22.3 Å². The summed E-state index contributed by atoms with van der Waals surface area (Å²) in [7, 11) is -3.72. The highest BCUT2D eigenvalue weighted by Gasteiger charge is 2.12. The van der Waals surface area contributed by atoms with E-state index in [1.165, 1.54) is 29.8 Å². The third kappa shape index (κ3) is 3.93. The number of hydrogen-bond donors (Lipinski definition) is 3. The van der Waals surface area contributed by atoms with E-state index in [2.05, 4.69) is 25.6 Å². The molecule has 0 aliphatic rings. The van der Waals surface area contributed by atoms with E-state index in [1.54, 1.807) is 12.1 Å². The van der Waals surface area contributed by atoms with Crippen molar-refractivity contribution in [3.05, 3.63) is 60.4 Å². The van der Waals surface area contributed by atoms with Crippen LogP contribution in [0.25, 0.3) is 10.3 Å². The summed E-state index contributed by atoms with van der Waals surface area (Å²) in [5.41, 5.74) is 3.33. The Morgan fingerprint density at radius 3 is 2.50 bits per heavy atom. The van der Waals surface area contributed by atoms with Crippen molar-refractivity contribution in [1.82, 2.24) is 15.0 Å². The number of thiazole rings is 1. The fraction of sp³-hybridized carbons (Fsp3) is 0.0556. The Bertz CT molecular complexity index is 1250. The first-order chi connectivity index (χ1) is 13.4. The second kappa shape index (κ2) is 7.15. The van der Waals surface area contributed by atoms with Crippen molar-refractivity contribution < 1.29 is 8.42 Å². The van der Waals surface area contributed by atoms with Crippen LogP contribution in [0.5, 0.6) is 0 Å². The predicted octanol–water partition coefficient (Wildman–Crippen LogP) is 3.53. The van der Waals surface area contributed by atoms with Gasteiger partial charge in [0, 0.05) is 11.4 Å². The summed E-state index contributed by atoms with van der Waals surface area (Å²) in [4.78, 5) is 13.1. The summed E-state index contributed by atoms with van der Waals surface area (Å²) < 4.78 is 23.5. The highest BCUT2D eigenvalue weighted by atomic mass is 32.2. The van der Waals surface area contributed by atoms with Gasteiger partial charge in [-0.1, -0.05) is 23.5 Å². The summed E-state index contributed by atoms with van der Waals surface area (Å²) in [6.45, 7) is 2.02. The fourth-order valence-corrected chi connectivity index (χ4v) is 4.01. The van der Waals surface area contributed by atoms with Crippen LogP contribution in [0.3, 0.4) is 0 Å². The summed E-state index contributed by atoms with van der Waals surface area (Å²) in [5, 5.41) is 12.2. The molecule has 4 N–H and O–H groups in total. The summed E-state index contributed by atoms with van der Waals surface area (Å²) >= 11 is 1.40. The fourth-order valence-electron chi connectivity index (χ4n) is 2.61. The molecule has 0 saturated carbocycles. The minimum absolute atomic E-state index is 0.0536. The van der Waals surface area contributed by atoms with Crippen molar-refractivity contribution in [2.75, 3.05) is 10.6 Å². The second-order valence-corrected chi connectivity index (χ2v) is 8.64. The monoisotopic (exact) mass is 412 g/mol. The smallest absolute Gasteiger partial charge is 0.238 e. The zero-order valence-electron chi connectivity index (χ0n) is 14.7. The number of aryl methyl sites for hydroxylation is 1. The molecule has 28 heavy (non-hydrogen) atoms. The first-order valence-electron chi connectivity index (χ1n) is 8.23. The summed E-state index contributed by atoms with van der Waals surface area (Å²) in [6.07, 6.45) is 1.46. The Labute approximate surface area is 165 Å². The molecule has 0 spiro atoms. The average molecular weight is 413 g/mol. The zero-order chi connectivity index (χ0) is 19.7. The number of primary sulfonamides is 1. The molecule has 0 radical (unpaired) electrons. The van der Waals surface area contributed by atoms with Crippen LogP contribution < -0.4 is 15.8 Å². The zero-order valence-corrected chi connectivity index (χ0v) is 16.4. The van der Waals surface area contributed by atoms with Crippen molar-refractivity contribution in [2.45, 2.75) is 11.8 Å². The largest absolute Gasteiger partial charge is 0.339 e. The quantitative estimate of drug-likeness (QED) is 0.458. The normalized spacial score (nSPS) is 11.5. The maximum Gasteiger partial charge on any atom is 0.238 e. The molecule has 2 aromatic carbocycles. The molecule has 10 heteroatoms. The molecular formula is C18H16N6O2S2. The Kier molecular flexibility index (Phi) is 4.67. The highest BCUT2D eigenvalue weighted by molar-refractivity contribution is 7.89. The van der Waals surface area contributed by atoms with Crippen LogP contribution in [0, 0.1) is 6.92 Å². The van der Waals surface area contributed by atoms with Gasteiger partial charge in [-0.15, -0.1) is 0 Å². The Hall–Kier alpha value is -3.08. The maximum absolute atomic E-state index is 11.4. The molecule has 0 saturated heterocycles. The molecule has 0 unspecified atom stereocenters. The third-order valence-corrected chi connectivity index (χ3v) is 5.80. The van der Waals surface area contributed by atoms with Gasteiger partial charge in [0.25, 0.3) is 0 Å². The molecule has 2 heterocycles. The number of nitrogens with two attached hydrogens (primary N) is 1. The van der Waals surface area contributed by atoms with Crippen LogP contribution in [0.2, 0.25) is 0 Å². The van der Waals surface area contributed by atoms with Gasteiger partial charge < -0.3 is 10.6 Å². The van der Waals surface area contributed by atoms with Crippen molar-refractivity contribution in [1.29, 1.82) is 0 Å². The molecule has 4 rings (SSSR count). The van der Waals surface area contributed by atoms with Gasteiger partial charge in [-0.3, -0.25) is 0 Å². The SMILES string of the molecule is Cc1cccc(Nc2ncnc3nc(Nc4ccc(S(N)(=O)=O)cc4)sc23)c1. The molecule has 142 valence electrons. The molecule has 0 aliphatic heterocycles. The van der Waals surface area contributed by atoms with Crippen LogP contribution >= 0.6 is 11.3 Å². The minimum atomic E-state index is -3.72. The Morgan fingerprint density at radius 2 is 1.79 bits per heavy atom. The minimum Gasteiger partial charge on any atom is -0.339 e. The lowest BCUT2D eigenvalue weighted by atomic mass is 10.2. The lowest BCUT2D eigenvalue weighted by Crippen LogP contribution is -2.11. The maximum atomic E-state index is 11.4. The Morgan fingerprint density at radius 1 is 1.00 bits per heavy atom. The number of rotatable bonds is 5. The van der Waals surface area contributed by atoms with Gasteiger partial charge in [-0.2, -0.15) is 4.98 Å². The van der Waals surface area contributed by atoms with Gasteiger partial charge in [0.05, 0.1) is 4.90 Å². The van der Waals surface area contributed by atoms with Crippen LogP contribution in [0.1, 0.15) is 5.56 Å². The lowest BCUT2D eigenvalue weighted by Gasteiger charge is -2.06. The van der Waals surface area contributed by atoms with Gasteiger partial charge >= 0.3 is 0 Å². The second-order valence-electron chi connectivity index (χ2n) is 6.08. The predicted molar refractivity (Wildman–Crippen MR) is 111 cm³/mol. The van der Waals surface area contributed by atoms with E-state index < -0.39 is 10.0 Å². The Balaban J connectivity index is 1.61. The van der Waals surface area contributed by atoms with Crippen LogP contribution in [0.15, 0.2) is 59.8 Å². The number of sulfonamides is 1. The molecule has 0 amide bonds. The summed E-state index contributed by atoms with van der Waals surface area (Å²) in [5.74, 6) is 0.672. The van der Waals surface area contributed by atoms with E-state index in [0.717, 1.165) is 16.0 Å². The molecule has 2 aromatic heterocycles. The van der Waals surface area contributed by atoms with Crippen molar-refractivity contribution in [3.63, 3.8) is 0 Å². The van der Waals surface area contributed by atoms with Gasteiger partial charge in [0.1, 0.15) is 11.0 Å². The van der Waals surface area contributed by atoms with E-state index in [9.17, 15) is 8.42 Å². The van der Waals surface area contributed by atoms with Gasteiger partial charge in [-0.05, 0) is 48.9 Å². The molecule has 0 fully saturated rings. The standard InChI is InChI=1S/C18H16N6O2S2/c1-11-3-2-4-13(9-11)22-16-15-17(21-10-20-16)24-18(27-15)23-12-5-7-14(8-6-12)28(19,25)26/h2-10H,1H3,(H2,19,25,26)(H2,20,21,22,23,24). The van der Waals surface area contributed by atoms with Gasteiger partial charge in [0.2, 0.25) is 10.0 Å². The molecule has 0 aliphatic carbocycles. The van der Waals surface area contributed by atoms with E-state index >= 15 is 0 Å². The highest BCUT2D eigenvalue weighted by Crippen LogP contribution is 2.32. The lowest BCUT2D eigenvalue weighted by molar-refractivity contribution is 0.598. The van der Waals surface area contributed by atoms with Crippen LogP contribution in [0.4, 0.5) is 22.3 Å². The molecular weight excluding hydrogens is 396 g/mol. The van der Waals surface area contributed by atoms with Crippen molar-refractivity contribution >= 4 is 54.0 Å². The number of hydrogen-bond acceptors (Lipinski definition) is 8. The van der Waals surface area contributed by atoms with E-state index in [-0.39, 0.29) is 4.90 Å². The topological polar surface area (TPSA) is 123 Å². The number of nitrogens with one attached hydrogen (secondary N) is 2. The van der Waals surface area contributed by atoms with E-state index in [4.69, 9.17) is 5.14 Å². The van der Waals surface area contributed by atoms with Crippen molar-refractivity contribution in [3.8, 4) is 0 Å². The molecule has 8 nitrogen and oxygen atoms in total. The molecule has 0 bridgehead atoms. The first kappa shape index (κ1) is 18.3.